The molecule has 3 N–H and O–H groups in total. The maximum atomic E-state index is 11.8. The van der Waals surface area contributed by atoms with Gasteiger partial charge in [-0.1, -0.05) is 6.07 Å². The van der Waals surface area contributed by atoms with Gasteiger partial charge in [0.05, 0.1) is 13.5 Å². The summed E-state index contributed by atoms with van der Waals surface area (Å²) < 4.78 is 10.1. The predicted octanol–water partition coefficient (Wildman–Crippen LogP) is 2.25. The van der Waals surface area contributed by atoms with Gasteiger partial charge in [-0.25, -0.2) is 0 Å². The van der Waals surface area contributed by atoms with Crippen LogP contribution < -0.4 is 9.47 Å². The van der Waals surface area contributed by atoms with E-state index in [-0.39, 0.29) is 29.4 Å². The number of aromatic hydroxyl groups is 3. The van der Waals surface area contributed by atoms with Gasteiger partial charge in [-0.3, -0.25) is 4.79 Å². The molecule has 6 heteroatoms. The number of carbonyl (C=O) groups is 1. The molecule has 1 atom stereocenters. The van der Waals surface area contributed by atoms with Crippen molar-refractivity contribution in [3.63, 3.8) is 0 Å². The Bertz CT molecular complexity index is 753. The molecule has 1 aliphatic rings. The van der Waals surface area contributed by atoms with Gasteiger partial charge >= 0.3 is 5.97 Å². The lowest BCUT2D eigenvalue weighted by Crippen LogP contribution is -2.21. The van der Waals surface area contributed by atoms with E-state index in [4.69, 9.17) is 9.47 Å². The summed E-state index contributed by atoms with van der Waals surface area (Å²) in [7, 11) is 1.44. The Balaban J connectivity index is 2.13. The minimum Gasteiger partial charge on any atom is -0.508 e. The summed E-state index contributed by atoms with van der Waals surface area (Å²) in [6, 6.07) is 7.24. The van der Waals surface area contributed by atoms with Gasteiger partial charge in [-0.05, 0) is 17.7 Å². The van der Waals surface area contributed by atoms with Crippen molar-refractivity contribution in [2.45, 2.75) is 12.3 Å². The molecule has 114 valence electrons. The molecule has 0 amide bonds. The fraction of sp³-hybridized carbons (Fsp3) is 0.188. The van der Waals surface area contributed by atoms with Crippen molar-refractivity contribution in [3.8, 4) is 28.7 Å². The summed E-state index contributed by atoms with van der Waals surface area (Å²) in [5.74, 6) is -0.929. The molecule has 3 rings (SSSR count). The van der Waals surface area contributed by atoms with Gasteiger partial charge in [0.25, 0.3) is 0 Å². The van der Waals surface area contributed by atoms with Crippen LogP contribution in [0, 0.1) is 0 Å². The Kier molecular flexibility index (Phi) is 3.29. The molecule has 0 bridgehead atoms. The van der Waals surface area contributed by atoms with Crippen molar-refractivity contribution in [2.75, 3.05) is 7.11 Å². The standard InChI is InChI=1S/C16H14O6/c1-21-13-3-2-8(4-11(13)18)10-7-15(20)22-14-6-9(17)5-12(19)16(10)14/h2-6,10,17-19H,7H2,1H3/t10-/m0/s1. The largest absolute Gasteiger partial charge is 0.508 e. The molecule has 0 aromatic heterocycles. The molecule has 2 aromatic rings. The van der Waals surface area contributed by atoms with Crippen LogP contribution in [0.3, 0.4) is 0 Å². The molecule has 0 fully saturated rings. The highest BCUT2D eigenvalue weighted by atomic mass is 16.5. The van der Waals surface area contributed by atoms with Gasteiger partial charge in [0.15, 0.2) is 11.5 Å². The van der Waals surface area contributed by atoms with Crippen LogP contribution in [-0.4, -0.2) is 28.4 Å². The zero-order valence-electron chi connectivity index (χ0n) is 11.7. The number of methoxy groups -OCH3 is 1. The summed E-state index contributed by atoms with van der Waals surface area (Å²) in [6.07, 6.45) is 0.0249. The normalized spacial score (nSPS) is 16.8. The highest BCUT2D eigenvalue weighted by Gasteiger charge is 2.32. The highest BCUT2D eigenvalue weighted by Crippen LogP contribution is 2.46. The van der Waals surface area contributed by atoms with Crippen molar-refractivity contribution in [3.05, 3.63) is 41.5 Å². The maximum Gasteiger partial charge on any atom is 0.312 e. The second kappa shape index (κ2) is 5.14. The van der Waals surface area contributed by atoms with Crippen LogP contribution in [-0.2, 0) is 4.79 Å². The summed E-state index contributed by atoms with van der Waals surface area (Å²) >= 11 is 0. The monoisotopic (exact) mass is 302 g/mol. The third-order valence-electron chi connectivity index (χ3n) is 3.65. The van der Waals surface area contributed by atoms with Crippen LogP contribution in [0.1, 0.15) is 23.5 Å². The molecule has 0 saturated carbocycles. The summed E-state index contributed by atoms with van der Waals surface area (Å²) in [5.41, 5.74) is 1.04. The number of fused-ring (bicyclic) bond motifs is 1. The quantitative estimate of drug-likeness (QED) is 0.581. The third kappa shape index (κ3) is 2.28. The van der Waals surface area contributed by atoms with Crippen LogP contribution in [0.2, 0.25) is 0 Å². The van der Waals surface area contributed by atoms with Crippen LogP contribution in [0.4, 0.5) is 0 Å². The molecule has 2 aromatic carbocycles. The second-order valence-corrected chi connectivity index (χ2v) is 5.04. The highest BCUT2D eigenvalue weighted by molar-refractivity contribution is 5.79. The van der Waals surface area contributed by atoms with Crippen LogP contribution in [0.25, 0.3) is 0 Å². The molecule has 0 radical (unpaired) electrons. The number of hydrogen-bond donors (Lipinski definition) is 3. The maximum absolute atomic E-state index is 11.8. The Morgan fingerprint density at radius 1 is 1.14 bits per heavy atom. The first kappa shape index (κ1) is 14.1. The van der Waals surface area contributed by atoms with Gasteiger partial charge in [0.1, 0.15) is 17.2 Å². The first-order valence-corrected chi connectivity index (χ1v) is 6.63. The Morgan fingerprint density at radius 3 is 2.59 bits per heavy atom. The zero-order valence-corrected chi connectivity index (χ0v) is 11.7. The van der Waals surface area contributed by atoms with Crippen molar-refractivity contribution in [1.82, 2.24) is 0 Å². The average molecular weight is 302 g/mol. The fourth-order valence-electron chi connectivity index (χ4n) is 2.67. The zero-order chi connectivity index (χ0) is 15.9. The van der Waals surface area contributed by atoms with E-state index < -0.39 is 11.9 Å². The third-order valence-corrected chi connectivity index (χ3v) is 3.65. The van der Waals surface area contributed by atoms with Crippen molar-refractivity contribution < 1.29 is 29.6 Å². The lowest BCUT2D eigenvalue weighted by atomic mass is 9.85. The van der Waals surface area contributed by atoms with Gasteiger partial charge in [-0.2, -0.15) is 0 Å². The Labute approximate surface area is 126 Å². The van der Waals surface area contributed by atoms with Gasteiger partial charge in [0.2, 0.25) is 0 Å². The van der Waals surface area contributed by atoms with Crippen molar-refractivity contribution >= 4 is 5.97 Å². The van der Waals surface area contributed by atoms with E-state index >= 15 is 0 Å². The topological polar surface area (TPSA) is 96.2 Å². The number of phenolic OH excluding ortho intramolecular Hbond substituents is 3. The Morgan fingerprint density at radius 2 is 1.91 bits per heavy atom. The Hall–Kier alpha value is -2.89. The SMILES string of the molecule is COc1ccc([C@@H]2CC(=O)Oc3cc(O)cc(O)c32)cc1O. The second-order valence-electron chi connectivity index (χ2n) is 5.04. The first-order valence-electron chi connectivity index (χ1n) is 6.63. The van der Waals surface area contributed by atoms with E-state index in [1.807, 2.05) is 0 Å². The number of esters is 1. The summed E-state index contributed by atoms with van der Waals surface area (Å²) in [5, 5.41) is 29.5. The molecular formula is C16H14O6. The lowest BCUT2D eigenvalue weighted by Gasteiger charge is -2.26. The minimum atomic E-state index is -0.478. The molecular weight excluding hydrogens is 288 g/mol. The smallest absolute Gasteiger partial charge is 0.312 e. The molecule has 1 aliphatic heterocycles. The number of benzene rings is 2. The molecule has 0 spiro atoms. The summed E-state index contributed by atoms with van der Waals surface area (Å²) in [4.78, 5) is 11.8. The van der Waals surface area contributed by atoms with Crippen molar-refractivity contribution in [2.24, 2.45) is 0 Å². The van der Waals surface area contributed by atoms with Crippen LogP contribution in [0.15, 0.2) is 30.3 Å². The van der Waals surface area contributed by atoms with E-state index in [0.717, 1.165) is 0 Å². The van der Waals surface area contributed by atoms with Crippen LogP contribution >= 0.6 is 0 Å². The number of phenols is 3. The molecule has 0 unspecified atom stereocenters. The number of carbonyl (C=O) groups excluding carboxylic acids is 1. The number of hydrogen-bond acceptors (Lipinski definition) is 6. The lowest BCUT2D eigenvalue weighted by molar-refractivity contribution is -0.135. The van der Waals surface area contributed by atoms with E-state index in [1.165, 1.54) is 25.3 Å². The van der Waals surface area contributed by atoms with E-state index in [2.05, 4.69) is 0 Å². The first-order chi connectivity index (χ1) is 10.5. The summed E-state index contributed by atoms with van der Waals surface area (Å²) in [6.45, 7) is 0. The van der Waals surface area contributed by atoms with E-state index in [1.54, 1.807) is 12.1 Å². The van der Waals surface area contributed by atoms with Gasteiger partial charge in [-0.15, -0.1) is 0 Å². The van der Waals surface area contributed by atoms with Crippen molar-refractivity contribution in [1.29, 1.82) is 0 Å². The average Bonchev–Trinajstić information content (AvgIpc) is 2.45. The van der Waals surface area contributed by atoms with E-state index in [9.17, 15) is 20.1 Å². The predicted molar refractivity (Wildman–Crippen MR) is 76.5 cm³/mol. The molecule has 0 aliphatic carbocycles. The number of ether oxygens (including phenoxy) is 2. The fourth-order valence-corrected chi connectivity index (χ4v) is 2.67. The molecule has 1 heterocycles. The van der Waals surface area contributed by atoms with E-state index in [0.29, 0.717) is 16.9 Å². The van der Waals surface area contributed by atoms with Gasteiger partial charge < -0.3 is 24.8 Å². The molecule has 0 saturated heterocycles. The molecule has 6 nitrogen and oxygen atoms in total. The van der Waals surface area contributed by atoms with Gasteiger partial charge in [0, 0.05) is 23.6 Å². The molecule has 22 heavy (non-hydrogen) atoms. The van der Waals surface area contributed by atoms with Crippen LogP contribution in [0.5, 0.6) is 28.7 Å². The number of rotatable bonds is 2. The minimum absolute atomic E-state index is 0.0249.